The maximum Gasteiger partial charge on any atom is 0.258 e. The van der Waals surface area contributed by atoms with Crippen molar-refractivity contribution < 1.29 is 14.3 Å². The molecular weight excluding hydrogens is 306 g/mol. The lowest BCUT2D eigenvalue weighted by Crippen LogP contribution is -2.30. The van der Waals surface area contributed by atoms with Crippen LogP contribution in [0.15, 0.2) is 36.5 Å². The highest BCUT2D eigenvalue weighted by molar-refractivity contribution is 5.78. The minimum absolute atomic E-state index is 0.428. The molecule has 0 aliphatic heterocycles. The van der Waals surface area contributed by atoms with Gasteiger partial charge in [-0.3, -0.25) is 9.48 Å². The Hall–Kier alpha value is -2.50. The third-order valence-electron chi connectivity index (χ3n) is 4.29. The second kappa shape index (κ2) is 7.38. The Kier molecular flexibility index (Phi) is 5.03. The molecule has 1 fully saturated rings. The monoisotopic (exact) mass is 329 g/mol. The zero-order valence-corrected chi connectivity index (χ0v) is 13.9. The molecule has 128 valence electrons. The summed E-state index contributed by atoms with van der Waals surface area (Å²) in [6.07, 6.45) is 6.39. The molecule has 24 heavy (non-hydrogen) atoms. The Labute approximate surface area is 141 Å². The van der Waals surface area contributed by atoms with E-state index in [9.17, 15) is 4.79 Å². The largest absolute Gasteiger partial charge is 0.487 e. The van der Waals surface area contributed by atoms with Crippen LogP contribution in [-0.4, -0.2) is 21.8 Å². The second-order valence-electron chi connectivity index (χ2n) is 6.15. The number of benzene rings is 1. The van der Waals surface area contributed by atoms with Crippen LogP contribution in [-0.2, 0) is 11.4 Å². The fourth-order valence-electron chi connectivity index (χ4n) is 2.86. The maximum absolute atomic E-state index is 11.0. The molecule has 1 saturated carbocycles. The van der Waals surface area contributed by atoms with Gasteiger partial charge < -0.3 is 15.2 Å². The van der Waals surface area contributed by atoms with Crippen LogP contribution in [0.2, 0.25) is 0 Å². The number of nitrogens with zero attached hydrogens (tertiary/aromatic N) is 2. The minimum Gasteiger partial charge on any atom is -0.487 e. The van der Waals surface area contributed by atoms with E-state index in [0.29, 0.717) is 18.4 Å². The minimum atomic E-state index is -0.656. The van der Waals surface area contributed by atoms with E-state index in [-0.39, 0.29) is 0 Å². The fourth-order valence-corrected chi connectivity index (χ4v) is 2.86. The molecule has 0 bridgehead atoms. The van der Waals surface area contributed by atoms with E-state index in [4.69, 9.17) is 15.2 Å². The van der Waals surface area contributed by atoms with Gasteiger partial charge in [-0.15, -0.1) is 0 Å². The topological polar surface area (TPSA) is 79.4 Å². The van der Waals surface area contributed by atoms with E-state index in [1.54, 1.807) is 31.2 Å². The summed E-state index contributed by atoms with van der Waals surface area (Å²) in [6.45, 7) is 2.05. The normalized spacial score (nSPS) is 16.0. The number of carbonyl (C=O) groups is 1. The lowest BCUT2D eigenvalue weighted by atomic mass is 10.3. The molecule has 1 heterocycles. The molecule has 6 nitrogen and oxygen atoms in total. The Morgan fingerprint density at radius 3 is 2.58 bits per heavy atom. The third kappa shape index (κ3) is 4.07. The zero-order valence-electron chi connectivity index (χ0n) is 13.9. The summed E-state index contributed by atoms with van der Waals surface area (Å²) in [7, 11) is 0. The Bertz CT molecular complexity index is 675. The predicted octanol–water partition coefficient (Wildman–Crippen LogP) is 2.83. The predicted molar refractivity (Wildman–Crippen MR) is 89.8 cm³/mol. The maximum atomic E-state index is 11.0. The number of hydrogen-bond donors (Lipinski definition) is 1. The average molecular weight is 329 g/mol. The van der Waals surface area contributed by atoms with Crippen molar-refractivity contribution >= 4 is 5.91 Å². The molecular formula is C18H23N3O3. The number of rotatable bonds is 7. The van der Waals surface area contributed by atoms with E-state index in [2.05, 4.69) is 9.78 Å². The molecule has 1 aromatic carbocycles. The van der Waals surface area contributed by atoms with Gasteiger partial charge in [0, 0.05) is 6.20 Å². The van der Waals surface area contributed by atoms with Gasteiger partial charge in [0.2, 0.25) is 0 Å². The number of hydrogen-bond acceptors (Lipinski definition) is 4. The van der Waals surface area contributed by atoms with Gasteiger partial charge >= 0.3 is 0 Å². The van der Waals surface area contributed by atoms with Crippen molar-refractivity contribution in [3.8, 4) is 11.5 Å². The molecule has 0 spiro atoms. The Balaban J connectivity index is 1.52. The molecule has 1 unspecified atom stereocenters. The summed E-state index contributed by atoms with van der Waals surface area (Å²) >= 11 is 0. The van der Waals surface area contributed by atoms with Gasteiger partial charge in [0.15, 0.2) is 6.10 Å². The first kappa shape index (κ1) is 16.4. The van der Waals surface area contributed by atoms with Gasteiger partial charge in [-0.1, -0.05) is 12.8 Å². The summed E-state index contributed by atoms with van der Waals surface area (Å²) in [5.41, 5.74) is 6.10. The van der Waals surface area contributed by atoms with Crippen LogP contribution >= 0.6 is 0 Å². The van der Waals surface area contributed by atoms with Gasteiger partial charge in [0.1, 0.15) is 18.1 Å². The van der Waals surface area contributed by atoms with Crippen molar-refractivity contribution in [2.75, 3.05) is 0 Å². The first-order chi connectivity index (χ1) is 11.6. The third-order valence-corrected chi connectivity index (χ3v) is 4.29. The molecule has 1 atom stereocenters. The fraction of sp³-hybridized carbons (Fsp3) is 0.444. The number of amides is 1. The van der Waals surface area contributed by atoms with E-state index in [1.807, 2.05) is 12.3 Å². The van der Waals surface area contributed by atoms with Crippen molar-refractivity contribution in [3.05, 3.63) is 42.2 Å². The molecule has 1 aliphatic rings. The molecule has 1 aromatic heterocycles. The molecule has 1 aliphatic carbocycles. The summed E-state index contributed by atoms with van der Waals surface area (Å²) in [4.78, 5) is 11.0. The van der Waals surface area contributed by atoms with Crippen LogP contribution in [0.25, 0.3) is 0 Å². The molecule has 6 heteroatoms. The van der Waals surface area contributed by atoms with Gasteiger partial charge in [-0.05, 0) is 50.1 Å². The van der Waals surface area contributed by atoms with Crippen LogP contribution in [0.3, 0.4) is 0 Å². The lowest BCUT2D eigenvalue weighted by molar-refractivity contribution is -0.123. The van der Waals surface area contributed by atoms with Gasteiger partial charge in [0.05, 0.1) is 11.7 Å². The Morgan fingerprint density at radius 2 is 1.92 bits per heavy atom. The second-order valence-corrected chi connectivity index (χ2v) is 6.15. The zero-order chi connectivity index (χ0) is 16.9. The van der Waals surface area contributed by atoms with E-state index in [0.717, 1.165) is 11.4 Å². The van der Waals surface area contributed by atoms with E-state index in [1.165, 1.54) is 25.7 Å². The van der Waals surface area contributed by atoms with Crippen LogP contribution < -0.4 is 15.2 Å². The summed E-state index contributed by atoms with van der Waals surface area (Å²) in [6, 6.07) is 9.67. The number of carbonyl (C=O) groups excluding carboxylic acids is 1. The quantitative estimate of drug-likeness (QED) is 0.847. The molecule has 2 aromatic rings. The summed E-state index contributed by atoms with van der Waals surface area (Å²) < 4.78 is 13.2. The lowest BCUT2D eigenvalue weighted by Gasteiger charge is -2.12. The van der Waals surface area contributed by atoms with Crippen LogP contribution in [0.1, 0.15) is 44.3 Å². The Morgan fingerprint density at radius 1 is 1.25 bits per heavy atom. The summed E-state index contributed by atoms with van der Waals surface area (Å²) in [5.74, 6) is 0.817. The van der Waals surface area contributed by atoms with Crippen molar-refractivity contribution in [1.82, 2.24) is 9.78 Å². The number of primary amides is 1. The van der Waals surface area contributed by atoms with E-state index >= 15 is 0 Å². The average Bonchev–Trinajstić information content (AvgIpc) is 3.25. The highest BCUT2D eigenvalue weighted by Gasteiger charge is 2.17. The van der Waals surface area contributed by atoms with Gasteiger partial charge in [-0.25, -0.2) is 0 Å². The molecule has 0 radical (unpaired) electrons. The molecule has 2 N–H and O–H groups in total. The van der Waals surface area contributed by atoms with Crippen LogP contribution in [0.5, 0.6) is 11.5 Å². The number of nitrogens with two attached hydrogens (primary N) is 1. The van der Waals surface area contributed by atoms with Crippen molar-refractivity contribution in [3.63, 3.8) is 0 Å². The number of ether oxygens (including phenoxy) is 2. The molecule has 1 amide bonds. The first-order valence-electron chi connectivity index (χ1n) is 8.34. The van der Waals surface area contributed by atoms with Crippen molar-refractivity contribution in [2.24, 2.45) is 5.73 Å². The van der Waals surface area contributed by atoms with Crippen molar-refractivity contribution in [1.29, 1.82) is 0 Å². The van der Waals surface area contributed by atoms with Crippen LogP contribution in [0.4, 0.5) is 0 Å². The van der Waals surface area contributed by atoms with E-state index < -0.39 is 12.0 Å². The molecule has 0 saturated heterocycles. The summed E-state index contributed by atoms with van der Waals surface area (Å²) in [5, 5.41) is 4.60. The number of aromatic nitrogens is 2. The first-order valence-corrected chi connectivity index (χ1v) is 8.34. The smallest absolute Gasteiger partial charge is 0.258 e. The standard InChI is InChI=1S/C18H23N3O3/c1-13(18(19)22)24-17-8-6-16(7-9-17)23-12-14-10-11-21(20-14)15-4-2-3-5-15/h6-11,13,15H,2-5,12H2,1H3,(H2,19,22). The SMILES string of the molecule is CC(Oc1ccc(OCc2ccn(C3CCCC3)n2)cc1)C(N)=O. The van der Waals surface area contributed by atoms with Gasteiger partial charge in [0.25, 0.3) is 5.91 Å². The molecule has 3 rings (SSSR count). The highest BCUT2D eigenvalue weighted by atomic mass is 16.5. The highest BCUT2D eigenvalue weighted by Crippen LogP contribution is 2.28. The van der Waals surface area contributed by atoms with Crippen LogP contribution in [0, 0.1) is 0 Å². The van der Waals surface area contributed by atoms with Crippen molar-refractivity contribution in [2.45, 2.75) is 51.4 Å². The van der Waals surface area contributed by atoms with Gasteiger partial charge in [-0.2, -0.15) is 5.10 Å².